The van der Waals surface area contributed by atoms with Crippen LogP contribution in [0, 0.1) is 6.92 Å². The lowest BCUT2D eigenvalue weighted by atomic mass is 9.91. The van der Waals surface area contributed by atoms with Crippen LogP contribution < -0.4 is 5.73 Å². The van der Waals surface area contributed by atoms with E-state index in [0.717, 1.165) is 33.6 Å². The van der Waals surface area contributed by atoms with E-state index in [4.69, 9.17) is 17.3 Å². The van der Waals surface area contributed by atoms with Gasteiger partial charge in [0.1, 0.15) is 0 Å². The van der Waals surface area contributed by atoms with Crippen molar-refractivity contribution < 1.29 is 4.79 Å². The maximum atomic E-state index is 12.8. The highest BCUT2D eigenvalue weighted by atomic mass is 35.5. The lowest BCUT2D eigenvalue weighted by molar-refractivity contribution is -0.133. The highest BCUT2D eigenvalue weighted by molar-refractivity contribution is 6.31. The van der Waals surface area contributed by atoms with Gasteiger partial charge in [-0.1, -0.05) is 41.4 Å². The number of amides is 1. The zero-order chi connectivity index (χ0) is 18.3. The number of fused-ring (bicyclic) bond motifs is 3. The highest BCUT2D eigenvalue weighted by Crippen LogP contribution is 2.39. The lowest BCUT2D eigenvalue weighted by Crippen LogP contribution is -2.41. The monoisotopic (exact) mass is 367 g/mol. The van der Waals surface area contributed by atoms with Crippen molar-refractivity contribution in [3.05, 3.63) is 69.9 Å². The van der Waals surface area contributed by atoms with E-state index >= 15 is 0 Å². The fourth-order valence-corrected chi connectivity index (χ4v) is 4.16. The number of H-pyrrole nitrogens is 1. The van der Waals surface area contributed by atoms with Crippen molar-refractivity contribution in [3.8, 4) is 0 Å². The normalized spacial score (nSPS) is 16.7. The van der Waals surface area contributed by atoms with E-state index in [0.29, 0.717) is 19.5 Å². The van der Waals surface area contributed by atoms with Crippen LogP contribution in [0.2, 0.25) is 5.02 Å². The Labute approximate surface area is 157 Å². The van der Waals surface area contributed by atoms with Gasteiger partial charge in [0.05, 0.1) is 6.04 Å². The molecule has 4 nitrogen and oxygen atoms in total. The Balaban J connectivity index is 1.89. The molecule has 3 N–H and O–H groups in total. The van der Waals surface area contributed by atoms with Crippen LogP contribution in [0.15, 0.2) is 42.5 Å². The Morgan fingerprint density at radius 3 is 2.92 bits per heavy atom. The SMILES string of the molecule is Cc1cccc(C2c3[nH]c4ccc(Cl)cc4c3CCN2C(=O)CCN)c1. The van der Waals surface area contributed by atoms with Crippen molar-refractivity contribution in [1.82, 2.24) is 9.88 Å². The molecule has 0 radical (unpaired) electrons. The predicted octanol–water partition coefficient (Wildman–Crippen LogP) is 3.95. The number of benzene rings is 2. The summed E-state index contributed by atoms with van der Waals surface area (Å²) in [6, 6.07) is 14.2. The standard InChI is InChI=1S/C21H22ClN3O/c1-13-3-2-4-14(11-13)21-20-16(8-10-25(21)19(26)7-9-23)17-12-15(22)5-6-18(17)24-20/h2-6,11-12,21,24H,7-10,23H2,1H3. The average molecular weight is 368 g/mol. The number of nitrogens with zero attached hydrogens (tertiary/aromatic N) is 1. The zero-order valence-corrected chi connectivity index (χ0v) is 15.5. The second-order valence-corrected chi connectivity index (χ2v) is 7.34. The van der Waals surface area contributed by atoms with Gasteiger partial charge in [0.15, 0.2) is 0 Å². The molecule has 3 aromatic rings. The molecule has 1 atom stereocenters. The summed E-state index contributed by atoms with van der Waals surface area (Å²) in [6.07, 6.45) is 1.18. The van der Waals surface area contributed by atoms with Crippen LogP contribution in [0.25, 0.3) is 10.9 Å². The molecule has 2 heterocycles. The first-order valence-corrected chi connectivity index (χ1v) is 9.32. The number of aryl methyl sites for hydroxylation is 1. The molecule has 0 spiro atoms. The van der Waals surface area contributed by atoms with Crippen LogP contribution in [0.4, 0.5) is 0 Å². The molecule has 26 heavy (non-hydrogen) atoms. The van der Waals surface area contributed by atoms with Crippen molar-refractivity contribution in [2.45, 2.75) is 25.8 Å². The maximum absolute atomic E-state index is 12.8. The number of halogens is 1. The van der Waals surface area contributed by atoms with Gasteiger partial charge in [0.2, 0.25) is 5.91 Å². The Morgan fingerprint density at radius 2 is 2.15 bits per heavy atom. The van der Waals surface area contributed by atoms with Crippen LogP contribution in [-0.4, -0.2) is 28.9 Å². The topological polar surface area (TPSA) is 62.1 Å². The Hall–Kier alpha value is -2.30. The van der Waals surface area contributed by atoms with E-state index in [2.05, 4.69) is 30.1 Å². The summed E-state index contributed by atoms with van der Waals surface area (Å²) in [7, 11) is 0. The number of carbonyl (C=O) groups is 1. The molecule has 0 aliphatic carbocycles. The van der Waals surface area contributed by atoms with E-state index in [1.807, 2.05) is 29.2 Å². The minimum Gasteiger partial charge on any atom is -0.356 e. The predicted molar refractivity (Wildman–Crippen MR) is 105 cm³/mol. The third kappa shape index (κ3) is 2.89. The first kappa shape index (κ1) is 17.1. The molecule has 1 amide bonds. The first-order chi connectivity index (χ1) is 12.6. The number of nitrogens with two attached hydrogens (primary N) is 1. The smallest absolute Gasteiger partial charge is 0.224 e. The molecule has 0 saturated heterocycles. The van der Waals surface area contributed by atoms with Crippen molar-refractivity contribution >= 4 is 28.4 Å². The highest BCUT2D eigenvalue weighted by Gasteiger charge is 2.34. The summed E-state index contributed by atoms with van der Waals surface area (Å²) in [5.41, 5.74) is 11.4. The largest absolute Gasteiger partial charge is 0.356 e. The molecule has 1 unspecified atom stereocenters. The third-order valence-electron chi connectivity index (χ3n) is 5.13. The quantitative estimate of drug-likeness (QED) is 0.736. The second kappa shape index (κ2) is 6.78. The van der Waals surface area contributed by atoms with Crippen LogP contribution in [0.3, 0.4) is 0 Å². The minimum atomic E-state index is -0.121. The molecular weight excluding hydrogens is 346 g/mol. The molecule has 1 aliphatic rings. The van der Waals surface area contributed by atoms with Gasteiger partial charge in [-0.25, -0.2) is 0 Å². The summed E-state index contributed by atoms with van der Waals surface area (Å²) < 4.78 is 0. The molecule has 0 bridgehead atoms. The number of rotatable bonds is 3. The zero-order valence-electron chi connectivity index (χ0n) is 14.8. The van der Waals surface area contributed by atoms with Crippen LogP contribution in [0.1, 0.15) is 34.8 Å². The first-order valence-electron chi connectivity index (χ1n) is 8.94. The third-order valence-corrected chi connectivity index (χ3v) is 5.36. The number of hydrogen-bond acceptors (Lipinski definition) is 2. The van der Waals surface area contributed by atoms with E-state index in [1.54, 1.807) is 0 Å². The molecule has 0 saturated carbocycles. The van der Waals surface area contributed by atoms with Crippen LogP contribution >= 0.6 is 11.6 Å². The van der Waals surface area contributed by atoms with E-state index in [-0.39, 0.29) is 11.9 Å². The Morgan fingerprint density at radius 1 is 1.31 bits per heavy atom. The summed E-state index contributed by atoms with van der Waals surface area (Å²) in [6.45, 7) is 3.12. The summed E-state index contributed by atoms with van der Waals surface area (Å²) in [4.78, 5) is 18.3. The van der Waals surface area contributed by atoms with Crippen LogP contribution in [-0.2, 0) is 11.2 Å². The van der Waals surface area contributed by atoms with E-state index in [9.17, 15) is 4.79 Å². The summed E-state index contributed by atoms with van der Waals surface area (Å²) >= 11 is 6.22. The number of aromatic nitrogens is 1. The van der Waals surface area contributed by atoms with Gasteiger partial charge < -0.3 is 15.6 Å². The van der Waals surface area contributed by atoms with Gasteiger partial charge in [0.25, 0.3) is 0 Å². The van der Waals surface area contributed by atoms with E-state index in [1.165, 1.54) is 11.1 Å². The number of carbonyl (C=O) groups excluding carboxylic acids is 1. The molecule has 134 valence electrons. The Kier molecular flexibility index (Phi) is 4.47. The fraction of sp³-hybridized carbons (Fsp3) is 0.286. The fourth-order valence-electron chi connectivity index (χ4n) is 3.98. The van der Waals surface area contributed by atoms with Gasteiger partial charge in [0, 0.05) is 41.1 Å². The maximum Gasteiger partial charge on any atom is 0.224 e. The minimum absolute atomic E-state index is 0.0985. The lowest BCUT2D eigenvalue weighted by Gasteiger charge is -2.36. The molecule has 2 aromatic carbocycles. The number of nitrogens with one attached hydrogen (secondary N) is 1. The average Bonchev–Trinajstić information content (AvgIpc) is 2.99. The molecule has 1 aromatic heterocycles. The Bertz CT molecular complexity index is 979. The van der Waals surface area contributed by atoms with E-state index < -0.39 is 0 Å². The van der Waals surface area contributed by atoms with Gasteiger partial charge in [-0.15, -0.1) is 0 Å². The van der Waals surface area contributed by atoms with Crippen molar-refractivity contribution in [2.24, 2.45) is 5.73 Å². The molecule has 0 fully saturated rings. The van der Waals surface area contributed by atoms with Crippen molar-refractivity contribution in [3.63, 3.8) is 0 Å². The summed E-state index contributed by atoms with van der Waals surface area (Å²) in [5, 5.41) is 1.88. The van der Waals surface area contributed by atoms with Gasteiger partial charge >= 0.3 is 0 Å². The molecular formula is C21H22ClN3O. The van der Waals surface area contributed by atoms with Gasteiger partial charge in [-0.3, -0.25) is 4.79 Å². The molecule has 1 aliphatic heterocycles. The molecule has 4 rings (SSSR count). The summed E-state index contributed by atoms with van der Waals surface area (Å²) in [5.74, 6) is 0.0985. The number of aromatic amines is 1. The van der Waals surface area contributed by atoms with Crippen molar-refractivity contribution in [1.29, 1.82) is 0 Å². The number of hydrogen-bond donors (Lipinski definition) is 2. The second-order valence-electron chi connectivity index (χ2n) is 6.90. The molecule has 5 heteroatoms. The van der Waals surface area contributed by atoms with Crippen molar-refractivity contribution in [2.75, 3.05) is 13.1 Å². The van der Waals surface area contributed by atoms with Crippen LogP contribution in [0.5, 0.6) is 0 Å². The van der Waals surface area contributed by atoms with Gasteiger partial charge in [-0.05, 0) is 42.7 Å². The van der Waals surface area contributed by atoms with Gasteiger partial charge in [-0.2, -0.15) is 0 Å².